The highest BCUT2D eigenvalue weighted by atomic mass is 16.2. The van der Waals surface area contributed by atoms with Crippen molar-refractivity contribution in [3.8, 4) is 0 Å². The summed E-state index contributed by atoms with van der Waals surface area (Å²) in [4.78, 5) is 37.8. The molecule has 0 saturated carbocycles. The lowest BCUT2D eigenvalue weighted by molar-refractivity contribution is 0.0591. The van der Waals surface area contributed by atoms with Crippen LogP contribution in [0.5, 0.6) is 0 Å². The van der Waals surface area contributed by atoms with Gasteiger partial charge >= 0.3 is 0 Å². The van der Waals surface area contributed by atoms with E-state index in [1.165, 1.54) is 0 Å². The van der Waals surface area contributed by atoms with Gasteiger partial charge in [0, 0.05) is 63.0 Å². The van der Waals surface area contributed by atoms with Crippen LogP contribution in [-0.4, -0.2) is 81.2 Å². The van der Waals surface area contributed by atoms with E-state index in [-0.39, 0.29) is 17.7 Å². The van der Waals surface area contributed by atoms with Gasteiger partial charge in [0.15, 0.2) is 5.69 Å². The van der Waals surface area contributed by atoms with E-state index in [2.05, 4.69) is 23.1 Å². The Bertz CT molecular complexity index is 1160. The molecule has 34 heavy (non-hydrogen) atoms. The number of likely N-dealkylation sites (tertiary alicyclic amines) is 1. The summed E-state index contributed by atoms with van der Waals surface area (Å²) in [5, 5.41) is 0. The molecular formula is C27H33N5O2. The first-order chi connectivity index (χ1) is 16.5. The Balaban J connectivity index is 1.39. The third kappa shape index (κ3) is 4.32. The van der Waals surface area contributed by atoms with Crippen LogP contribution in [0.1, 0.15) is 59.3 Å². The molecule has 0 aliphatic carbocycles. The van der Waals surface area contributed by atoms with Gasteiger partial charge in [0.1, 0.15) is 5.82 Å². The average Bonchev–Trinajstić information content (AvgIpc) is 3.28. The number of carbonyl (C=O) groups is 2. The summed E-state index contributed by atoms with van der Waals surface area (Å²) in [6.45, 7) is 8.98. The van der Waals surface area contributed by atoms with Crippen molar-refractivity contribution in [2.75, 3.05) is 39.3 Å². The molecule has 3 aromatic rings. The molecular weight excluding hydrogens is 426 g/mol. The molecule has 1 aromatic carbocycles. The van der Waals surface area contributed by atoms with Crippen LogP contribution in [0, 0.1) is 0 Å². The standard InChI is InChI=1S/C27H33N5O2/c1-20(2)29-15-17-30(18-16-29)27(34)24-23-12-6-7-14-32(23)25(28-24)22-11-8-13-31(19-22)26(33)21-9-4-3-5-10-21/h3-7,9-10,12,14,20,22H,8,11,13,15-19H2,1-2H3/t22-/m1/s1. The summed E-state index contributed by atoms with van der Waals surface area (Å²) in [6, 6.07) is 15.9. The first-order valence-corrected chi connectivity index (χ1v) is 12.4. The zero-order chi connectivity index (χ0) is 23.7. The fourth-order valence-electron chi connectivity index (χ4n) is 5.23. The summed E-state index contributed by atoms with van der Waals surface area (Å²) in [5.41, 5.74) is 2.09. The summed E-state index contributed by atoms with van der Waals surface area (Å²) in [6.07, 6.45) is 3.86. The third-order valence-corrected chi connectivity index (χ3v) is 7.20. The van der Waals surface area contributed by atoms with E-state index in [4.69, 9.17) is 4.98 Å². The Morgan fingerprint density at radius 1 is 0.882 bits per heavy atom. The molecule has 0 spiro atoms. The fourth-order valence-corrected chi connectivity index (χ4v) is 5.23. The SMILES string of the molecule is CC(C)N1CCN(C(=O)c2nc([C@@H]3CCCN(C(=O)c4ccccc4)C3)n3ccccc23)CC1. The maximum Gasteiger partial charge on any atom is 0.274 e. The summed E-state index contributed by atoms with van der Waals surface area (Å²) in [7, 11) is 0. The number of amides is 2. The normalized spacial score (nSPS) is 19.7. The van der Waals surface area contributed by atoms with Crippen LogP contribution in [0.3, 0.4) is 0 Å². The number of benzene rings is 1. The second-order valence-corrected chi connectivity index (χ2v) is 9.65. The second kappa shape index (κ2) is 9.58. The lowest BCUT2D eigenvalue weighted by Crippen LogP contribution is -2.50. The minimum absolute atomic E-state index is 0.00591. The Morgan fingerprint density at radius 3 is 2.35 bits per heavy atom. The molecule has 0 radical (unpaired) electrons. The Labute approximate surface area is 201 Å². The predicted octanol–water partition coefficient (Wildman–Crippen LogP) is 3.52. The lowest BCUT2D eigenvalue weighted by atomic mass is 9.96. The van der Waals surface area contributed by atoms with E-state index in [1.807, 2.05) is 64.5 Å². The number of rotatable bonds is 4. The van der Waals surface area contributed by atoms with Crippen molar-refractivity contribution in [3.63, 3.8) is 0 Å². The number of carbonyl (C=O) groups excluding carboxylic acids is 2. The molecule has 2 amide bonds. The quantitative estimate of drug-likeness (QED) is 0.599. The van der Waals surface area contributed by atoms with Crippen LogP contribution in [-0.2, 0) is 0 Å². The zero-order valence-electron chi connectivity index (χ0n) is 20.1. The highest BCUT2D eigenvalue weighted by Crippen LogP contribution is 2.29. The third-order valence-electron chi connectivity index (χ3n) is 7.20. The van der Waals surface area contributed by atoms with Crippen molar-refractivity contribution in [1.29, 1.82) is 0 Å². The molecule has 2 aliphatic heterocycles. The molecule has 0 bridgehead atoms. The van der Waals surface area contributed by atoms with Gasteiger partial charge in [0.2, 0.25) is 0 Å². The van der Waals surface area contributed by atoms with Crippen LogP contribution in [0.15, 0.2) is 54.7 Å². The molecule has 5 rings (SSSR count). The van der Waals surface area contributed by atoms with E-state index in [1.54, 1.807) is 0 Å². The molecule has 4 heterocycles. The van der Waals surface area contributed by atoms with E-state index < -0.39 is 0 Å². The van der Waals surface area contributed by atoms with Gasteiger partial charge in [-0.25, -0.2) is 4.98 Å². The Morgan fingerprint density at radius 2 is 1.62 bits per heavy atom. The van der Waals surface area contributed by atoms with Crippen LogP contribution >= 0.6 is 0 Å². The van der Waals surface area contributed by atoms with Crippen LogP contribution in [0.25, 0.3) is 5.52 Å². The topological polar surface area (TPSA) is 61.2 Å². The zero-order valence-corrected chi connectivity index (χ0v) is 20.1. The molecule has 0 unspecified atom stereocenters. The highest BCUT2D eigenvalue weighted by Gasteiger charge is 2.31. The average molecular weight is 460 g/mol. The minimum Gasteiger partial charge on any atom is -0.338 e. The van der Waals surface area contributed by atoms with Gasteiger partial charge in [0.25, 0.3) is 11.8 Å². The van der Waals surface area contributed by atoms with Crippen LogP contribution in [0.4, 0.5) is 0 Å². The fraction of sp³-hybridized carbons (Fsp3) is 0.444. The van der Waals surface area contributed by atoms with E-state index in [0.717, 1.165) is 56.9 Å². The van der Waals surface area contributed by atoms with Crippen molar-refractivity contribution in [2.24, 2.45) is 0 Å². The first kappa shape index (κ1) is 22.6. The summed E-state index contributed by atoms with van der Waals surface area (Å²) >= 11 is 0. The van der Waals surface area contributed by atoms with Gasteiger partial charge in [-0.3, -0.25) is 14.5 Å². The first-order valence-electron chi connectivity index (χ1n) is 12.4. The molecule has 7 heteroatoms. The lowest BCUT2D eigenvalue weighted by Gasteiger charge is -2.36. The number of aromatic nitrogens is 2. The maximum absolute atomic E-state index is 13.5. The molecule has 0 N–H and O–H groups in total. The number of pyridine rings is 1. The number of hydrogen-bond donors (Lipinski definition) is 0. The van der Waals surface area contributed by atoms with Crippen molar-refractivity contribution in [1.82, 2.24) is 24.1 Å². The van der Waals surface area contributed by atoms with Gasteiger partial charge in [-0.05, 0) is 51.0 Å². The number of imidazole rings is 1. The number of piperazine rings is 1. The number of hydrogen-bond acceptors (Lipinski definition) is 4. The number of nitrogens with zero attached hydrogens (tertiary/aromatic N) is 5. The molecule has 2 aliphatic rings. The van der Waals surface area contributed by atoms with Gasteiger partial charge in [-0.15, -0.1) is 0 Å². The number of piperidine rings is 1. The molecule has 2 saturated heterocycles. The van der Waals surface area contributed by atoms with Gasteiger partial charge in [-0.1, -0.05) is 24.3 Å². The monoisotopic (exact) mass is 459 g/mol. The van der Waals surface area contributed by atoms with E-state index >= 15 is 0 Å². The largest absolute Gasteiger partial charge is 0.338 e. The summed E-state index contributed by atoms with van der Waals surface area (Å²) < 4.78 is 2.05. The van der Waals surface area contributed by atoms with Crippen LogP contribution < -0.4 is 0 Å². The smallest absolute Gasteiger partial charge is 0.274 e. The van der Waals surface area contributed by atoms with E-state index in [0.29, 0.717) is 23.8 Å². The van der Waals surface area contributed by atoms with Crippen molar-refractivity contribution in [2.45, 2.75) is 38.6 Å². The van der Waals surface area contributed by atoms with Gasteiger partial charge in [0.05, 0.1) is 5.52 Å². The van der Waals surface area contributed by atoms with Crippen molar-refractivity contribution < 1.29 is 9.59 Å². The van der Waals surface area contributed by atoms with Gasteiger partial charge in [-0.2, -0.15) is 0 Å². The number of fused-ring (bicyclic) bond motifs is 1. The van der Waals surface area contributed by atoms with Crippen LogP contribution in [0.2, 0.25) is 0 Å². The molecule has 1 atom stereocenters. The Kier molecular flexibility index (Phi) is 6.37. The molecule has 7 nitrogen and oxygen atoms in total. The molecule has 178 valence electrons. The summed E-state index contributed by atoms with van der Waals surface area (Å²) in [5.74, 6) is 1.04. The Hall–Kier alpha value is -3.19. The maximum atomic E-state index is 13.5. The molecule has 2 aromatic heterocycles. The second-order valence-electron chi connectivity index (χ2n) is 9.65. The minimum atomic E-state index is 0.00591. The predicted molar refractivity (Wildman–Crippen MR) is 132 cm³/mol. The highest BCUT2D eigenvalue weighted by molar-refractivity contribution is 5.99. The van der Waals surface area contributed by atoms with E-state index in [9.17, 15) is 9.59 Å². The molecule has 2 fully saturated rings. The van der Waals surface area contributed by atoms with Gasteiger partial charge < -0.3 is 14.2 Å². The van der Waals surface area contributed by atoms with Crippen molar-refractivity contribution in [3.05, 3.63) is 71.8 Å². The van der Waals surface area contributed by atoms with Crippen molar-refractivity contribution >= 4 is 17.3 Å².